The molecule has 0 amide bonds. The van der Waals surface area contributed by atoms with Gasteiger partial charge in [0.2, 0.25) is 0 Å². The molecule has 0 aliphatic heterocycles. The Morgan fingerprint density at radius 3 is 2.67 bits per heavy atom. The lowest BCUT2D eigenvalue weighted by molar-refractivity contribution is 0.344. The zero-order chi connectivity index (χ0) is 8.65. The molecule has 0 aliphatic carbocycles. The van der Waals surface area contributed by atoms with Crippen molar-refractivity contribution in [1.82, 2.24) is 0 Å². The lowest BCUT2D eigenvalue weighted by Gasteiger charge is -2.03. The highest BCUT2D eigenvalue weighted by atomic mass is 32.2. The highest BCUT2D eigenvalue weighted by molar-refractivity contribution is 7.99. The summed E-state index contributed by atoms with van der Waals surface area (Å²) >= 11 is 1.79. The minimum Gasteiger partial charge on any atom is -0.493 e. The fourth-order valence-corrected chi connectivity index (χ4v) is 1.24. The van der Waals surface area contributed by atoms with Crippen LogP contribution in [0.15, 0.2) is 30.3 Å². The lowest BCUT2D eigenvalue weighted by atomic mass is 10.3. The van der Waals surface area contributed by atoms with E-state index < -0.39 is 0 Å². The van der Waals surface area contributed by atoms with Crippen molar-refractivity contribution in [1.29, 1.82) is 0 Å². The first kappa shape index (κ1) is 9.46. The van der Waals surface area contributed by atoms with Gasteiger partial charge in [-0.15, -0.1) is 0 Å². The molecule has 0 saturated carbocycles. The maximum Gasteiger partial charge on any atom is 0.119 e. The molecule has 2 heteroatoms. The van der Waals surface area contributed by atoms with Crippen molar-refractivity contribution in [3.8, 4) is 5.75 Å². The molecule has 0 aromatic heterocycles. The first-order valence-electron chi connectivity index (χ1n) is 3.98. The Morgan fingerprint density at radius 1 is 1.25 bits per heavy atom. The maximum atomic E-state index is 5.46. The summed E-state index contributed by atoms with van der Waals surface area (Å²) in [6, 6.07) is 9.87. The van der Waals surface area contributed by atoms with Gasteiger partial charge in [-0.05, 0) is 24.8 Å². The van der Waals surface area contributed by atoms with Gasteiger partial charge in [0.1, 0.15) is 5.75 Å². The van der Waals surface area contributed by atoms with Crippen LogP contribution in [0.25, 0.3) is 0 Å². The standard InChI is InChI=1S/C10H13OS/c1-2-12-9-8-11-10-6-4-3-5-7-10/h3-7H,1-2,8-9H2. The maximum absolute atomic E-state index is 5.46. The SMILES string of the molecule is [CH2]CSCCOc1ccccc1. The molecule has 0 atom stereocenters. The zero-order valence-electron chi connectivity index (χ0n) is 7.03. The molecule has 0 aliphatic rings. The number of para-hydroxylation sites is 1. The molecule has 0 bridgehead atoms. The Morgan fingerprint density at radius 2 is 2.00 bits per heavy atom. The summed E-state index contributed by atoms with van der Waals surface area (Å²) in [6.45, 7) is 4.51. The summed E-state index contributed by atoms with van der Waals surface area (Å²) in [5.41, 5.74) is 0. The van der Waals surface area contributed by atoms with Gasteiger partial charge in [0.15, 0.2) is 0 Å². The molecular weight excluding hydrogens is 168 g/mol. The van der Waals surface area contributed by atoms with E-state index in [4.69, 9.17) is 4.74 Å². The minimum atomic E-state index is 0.768. The molecule has 1 aromatic carbocycles. The molecule has 1 radical (unpaired) electrons. The predicted molar refractivity (Wildman–Crippen MR) is 54.6 cm³/mol. The molecule has 0 fully saturated rings. The first-order valence-corrected chi connectivity index (χ1v) is 5.14. The quantitative estimate of drug-likeness (QED) is 0.646. The number of hydrogen-bond acceptors (Lipinski definition) is 2. The summed E-state index contributed by atoms with van der Waals surface area (Å²) in [5, 5.41) is 0. The molecule has 1 aromatic rings. The highest BCUT2D eigenvalue weighted by Gasteiger charge is 1.89. The number of rotatable bonds is 5. The average molecular weight is 181 g/mol. The molecule has 0 saturated heterocycles. The van der Waals surface area contributed by atoms with E-state index in [0.717, 1.165) is 23.9 Å². The van der Waals surface area contributed by atoms with Gasteiger partial charge in [-0.25, -0.2) is 0 Å². The van der Waals surface area contributed by atoms with Crippen molar-refractivity contribution in [3.63, 3.8) is 0 Å². The van der Waals surface area contributed by atoms with E-state index in [1.54, 1.807) is 11.8 Å². The van der Waals surface area contributed by atoms with E-state index in [1.165, 1.54) is 0 Å². The van der Waals surface area contributed by atoms with Crippen LogP contribution in [0.3, 0.4) is 0 Å². The van der Waals surface area contributed by atoms with Gasteiger partial charge in [-0.2, -0.15) is 11.8 Å². The molecule has 1 rings (SSSR count). The monoisotopic (exact) mass is 181 g/mol. The Balaban J connectivity index is 2.16. The highest BCUT2D eigenvalue weighted by Crippen LogP contribution is 2.08. The van der Waals surface area contributed by atoms with Gasteiger partial charge >= 0.3 is 0 Å². The van der Waals surface area contributed by atoms with Crippen molar-refractivity contribution in [3.05, 3.63) is 37.3 Å². The van der Waals surface area contributed by atoms with Crippen LogP contribution in [0, 0.1) is 6.92 Å². The average Bonchev–Trinajstić information content (AvgIpc) is 2.14. The second-order valence-corrected chi connectivity index (χ2v) is 3.50. The third-order valence-corrected chi connectivity index (χ3v) is 2.13. The van der Waals surface area contributed by atoms with E-state index >= 15 is 0 Å². The van der Waals surface area contributed by atoms with E-state index in [-0.39, 0.29) is 0 Å². The normalized spacial score (nSPS) is 9.75. The van der Waals surface area contributed by atoms with Crippen LogP contribution >= 0.6 is 11.8 Å². The smallest absolute Gasteiger partial charge is 0.119 e. The van der Waals surface area contributed by atoms with Crippen LogP contribution < -0.4 is 4.74 Å². The van der Waals surface area contributed by atoms with Gasteiger partial charge in [0.05, 0.1) is 6.61 Å². The summed E-state index contributed by atoms with van der Waals surface area (Å²) < 4.78 is 5.46. The van der Waals surface area contributed by atoms with Crippen LogP contribution in [0.2, 0.25) is 0 Å². The predicted octanol–water partition coefficient (Wildman–Crippen LogP) is 2.63. The molecule has 0 spiro atoms. The number of ether oxygens (including phenoxy) is 1. The summed E-state index contributed by atoms with van der Waals surface area (Å²) in [4.78, 5) is 0. The fraction of sp³-hybridized carbons (Fsp3) is 0.300. The number of hydrogen-bond donors (Lipinski definition) is 0. The van der Waals surface area contributed by atoms with Gasteiger partial charge < -0.3 is 4.74 Å². The van der Waals surface area contributed by atoms with Crippen molar-refractivity contribution >= 4 is 11.8 Å². The molecule has 0 unspecified atom stereocenters. The van der Waals surface area contributed by atoms with Crippen LogP contribution in [-0.2, 0) is 0 Å². The van der Waals surface area contributed by atoms with Crippen LogP contribution in [-0.4, -0.2) is 18.1 Å². The Hall–Kier alpha value is -0.630. The zero-order valence-corrected chi connectivity index (χ0v) is 7.85. The summed E-state index contributed by atoms with van der Waals surface area (Å²) in [6.07, 6.45) is 0. The second kappa shape index (κ2) is 5.95. The molecule has 0 heterocycles. The van der Waals surface area contributed by atoms with Gasteiger partial charge in [-0.3, -0.25) is 0 Å². The molecule has 1 nitrogen and oxygen atoms in total. The Labute approximate surface area is 78.1 Å². The van der Waals surface area contributed by atoms with E-state index in [1.807, 2.05) is 30.3 Å². The number of benzene rings is 1. The van der Waals surface area contributed by atoms with Crippen molar-refractivity contribution in [2.45, 2.75) is 0 Å². The van der Waals surface area contributed by atoms with E-state index in [2.05, 4.69) is 6.92 Å². The number of thioether (sulfide) groups is 1. The molecule has 65 valence electrons. The third-order valence-electron chi connectivity index (χ3n) is 1.38. The largest absolute Gasteiger partial charge is 0.493 e. The Kier molecular flexibility index (Phi) is 4.69. The van der Waals surface area contributed by atoms with E-state index in [0.29, 0.717) is 0 Å². The van der Waals surface area contributed by atoms with E-state index in [9.17, 15) is 0 Å². The topological polar surface area (TPSA) is 9.23 Å². The molecule has 0 N–H and O–H groups in total. The van der Waals surface area contributed by atoms with Crippen LogP contribution in [0.5, 0.6) is 5.75 Å². The summed E-state index contributed by atoms with van der Waals surface area (Å²) in [5.74, 6) is 2.87. The Bertz CT molecular complexity index is 198. The summed E-state index contributed by atoms with van der Waals surface area (Å²) in [7, 11) is 0. The minimum absolute atomic E-state index is 0.768. The molecule has 12 heavy (non-hydrogen) atoms. The van der Waals surface area contributed by atoms with Crippen molar-refractivity contribution < 1.29 is 4.74 Å². The van der Waals surface area contributed by atoms with Crippen molar-refractivity contribution in [2.24, 2.45) is 0 Å². The third kappa shape index (κ3) is 3.67. The second-order valence-electron chi connectivity index (χ2n) is 2.27. The van der Waals surface area contributed by atoms with Crippen LogP contribution in [0.4, 0.5) is 0 Å². The van der Waals surface area contributed by atoms with Crippen molar-refractivity contribution in [2.75, 3.05) is 18.1 Å². The van der Waals surface area contributed by atoms with Gasteiger partial charge in [0, 0.05) is 5.75 Å². The molecular formula is C10H13OS. The first-order chi connectivity index (χ1) is 5.93. The van der Waals surface area contributed by atoms with Gasteiger partial charge in [0.25, 0.3) is 0 Å². The van der Waals surface area contributed by atoms with Gasteiger partial charge in [-0.1, -0.05) is 18.2 Å². The van der Waals surface area contributed by atoms with Crippen LogP contribution in [0.1, 0.15) is 0 Å². The lowest BCUT2D eigenvalue weighted by Crippen LogP contribution is -1.99. The fourth-order valence-electron chi connectivity index (χ4n) is 0.837.